The average Bonchev–Trinajstić information content (AvgIpc) is 3.25. The Kier molecular flexibility index (Phi) is 4.21. The van der Waals surface area contributed by atoms with Gasteiger partial charge in [-0.25, -0.2) is 0 Å². The summed E-state index contributed by atoms with van der Waals surface area (Å²) in [6.45, 7) is 3.76. The average molecular weight is 399 g/mol. The summed E-state index contributed by atoms with van der Waals surface area (Å²) in [4.78, 5) is 29.9. The second-order valence-corrected chi connectivity index (χ2v) is 9.25. The molecule has 2 saturated heterocycles. The van der Waals surface area contributed by atoms with E-state index < -0.39 is 0 Å². The number of amides is 1. The van der Waals surface area contributed by atoms with Gasteiger partial charge in [0.05, 0.1) is 26.3 Å². The van der Waals surface area contributed by atoms with Gasteiger partial charge < -0.3 is 14.4 Å². The van der Waals surface area contributed by atoms with Gasteiger partial charge in [0.2, 0.25) is 5.91 Å². The molecule has 5 rings (SSSR count). The SMILES string of the molecule is COC(=O)C[C@@]12CCCN3CC[C@]4(c5cccc(OC)c5N(C(C)=O)[C@@H]4CC1)[C@H]32. The first kappa shape index (κ1) is 18.9. The highest BCUT2D eigenvalue weighted by Crippen LogP contribution is 2.66. The Labute approximate surface area is 172 Å². The summed E-state index contributed by atoms with van der Waals surface area (Å²) in [5.41, 5.74) is 1.97. The Morgan fingerprint density at radius 3 is 2.72 bits per heavy atom. The van der Waals surface area contributed by atoms with Gasteiger partial charge >= 0.3 is 5.97 Å². The van der Waals surface area contributed by atoms with Crippen LogP contribution in [0.4, 0.5) is 5.69 Å². The molecule has 1 aromatic carbocycles. The maximum atomic E-state index is 12.9. The van der Waals surface area contributed by atoms with Crippen LogP contribution >= 0.6 is 0 Å². The predicted octanol–water partition coefficient (Wildman–Crippen LogP) is 2.88. The smallest absolute Gasteiger partial charge is 0.306 e. The van der Waals surface area contributed by atoms with E-state index in [1.807, 2.05) is 11.0 Å². The molecule has 0 N–H and O–H groups in total. The van der Waals surface area contributed by atoms with Crippen LogP contribution < -0.4 is 9.64 Å². The van der Waals surface area contributed by atoms with E-state index in [4.69, 9.17) is 9.47 Å². The lowest BCUT2D eigenvalue weighted by Gasteiger charge is -2.58. The number of hydrogen-bond donors (Lipinski definition) is 0. The van der Waals surface area contributed by atoms with Crippen molar-refractivity contribution in [3.8, 4) is 5.75 Å². The minimum Gasteiger partial charge on any atom is -0.495 e. The summed E-state index contributed by atoms with van der Waals surface area (Å²) >= 11 is 0. The van der Waals surface area contributed by atoms with Gasteiger partial charge in [-0.15, -0.1) is 0 Å². The van der Waals surface area contributed by atoms with Crippen molar-refractivity contribution in [1.29, 1.82) is 0 Å². The topological polar surface area (TPSA) is 59.1 Å². The highest BCUT2D eigenvalue weighted by Gasteiger charge is 2.69. The lowest BCUT2D eigenvalue weighted by Crippen LogP contribution is -2.65. The number of carbonyl (C=O) groups is 2. The van der Waals surface area contributed by atoms with Gasteiger partial charge in [0, 0.05) is 24.4 Å². The van der Waals surface area contributed by atoms with Crippen LogP contribution in [0.3, 0.4) is 0 Å². The van der Waals surface area contributed by atoms with Crippen LogP contribution in [0.5, 0.6) is 5.75 Å². The largest absolute Gasteiger partial charge is 0.495 e. The van der Waals surface area contributed by atoms with Crippen LogP contribution in [0.2, 0.25) is 0 Å². The lowest BCUT2D eigenvalue weighted by molar-refractivity contribution is -0.148. The minimum absolute atomic E-state index is 0.0763. The molecular weight excluding hydrogens is 368 g/mol. The van der Waals surface area contributed by atoms with Gasteiger partial charge in [-0.05, 0) is 62.2 Å². The van der Waals surface area contributed by atoms with Crippen LogP contribution in [-0.2, 0) is 19.7 Å². The third-order valence-electron chi connectivity index (χ3n) is 8.21. The fraction of sp³-hybridized carbons (Fsp3) is 0.652. The zero-order valence-electron chi connectivity index (χ0n) is 17.6. The van der Waals surface area contributed by atoms with Crippen molar-refractivity contribution in [3.05, 3.63) is 23.8 Å². The summed E-state index contributed by atoms with van der Waals surface area (Å²) in [6, 6.07) is 6.59. The summed E-state index contributed by atoms with van der Waals surface area (Å²) in [5, 5.41) is 0. The van der Waals surface area contributed by atoms with E-state index in [2.05, 4.69) is 17.0 Å². The second kappa shape index (κ2) is 6.46. The van der Waals surface area contributed by atoms with Crippen LogP contribution in [0.25, 0.3) is 0 Å². The van der Waals surface area contributed by atoms with Crippen molar-refractivity contribution >= 4 is 17.6 Å². The van der Waals surface area contributed by atoms with Gasteiger partial charge in [-0.2, -0.15) is 0 Å². The van der Waals surface area contributed by atoms with Gasteiger partial charge in [-0.3, -0.25) is 14.5 Å². The molecule has 1 spiro atoms. The van der Waals surface area contributed by atoms with Crippen molar-refractivity contribution < 1.29 is 19.1 Å². The molecule has 3 fully saturated rings. The molecule has 3 aliphatic heterocycles. The second-order valence-electron chi connectivity index (χ2n) is 9.25. The van der Waals surface area contributed by atoms with Crippen molar-refractivity contribution in [2.45, 2.75) is 62.9 Å². The summed E-state index contributed by atoms with van der Waals surface area (Å²) < 4.78 is 10.8. The Bertz CT molecular complexity index is 870. The molecule has 1 saturated carbocycles. The van der Waals surface area contributed by atoms with Gasteiger partial charge in [-0.1, -0.05) is 12.1 Å². The number of para-hydroxylation sites is 1. The first-order valence-electron chi connectivity index (χ1n) is 10.8. The van der Waals surface area contributed by atoms with Crippen molar-refractivity contribution in [2.75, 3.05) is 32.2 Å². The maximum absolute atomic E-state index is 12.9. The molecule has 1 amide bonds. The van der Waals surface area contributed by atoms with E-state index >= 15 is 0 Å². The molecule has 4 atom stereocenters. The number of rotatable bonds is 3. The molecular formula is C23H30N2O4. The number of anilines is 1. The lowest BCUT2D eigenvalue weighted by atomic mass is 9.52. The van der Waals surface area contributed by atoms with Gasteiger partial charge in [0.15, 0.2) is 0 Å². The van der Waals surface area contributed by atoms with Crippen LogP contribution in [0.15, 0.2) is 18.2 Å². The van der Waals surface area contributed by atoms with E-state index in [1.165, 1.54) is 12.7 Å². The van der Waals surface area contributed by atoms with E-state index in [9.17, 15) is 9.59 Å². The third kappa shape index (κ3) is 2.32. The monoisotopic (exact) mass is 398 g/mol. The predicted molar refractivity (Wildman–Crippen MR) is 109 cm³/mol. The fourth-order valence-corrected chi connectivity index (χ4v) is 7.46. The van der Waals surface area contributed by atoms with Crippen LogP contribution in [-0.4, -0.2) is 56.2 Å². The Morgan fingerprint density at radius 1 is 1.17 bits per heavy atom. The Balaban J connectivity index is 1.72. The highest BCUT2D eigenvalue weighted by atomic mass is 16.5. The normalized spacial score (nSPS) is 34.9. The van der Waals surface area contributed by atoms with E-state index in [0.717, 1.165) is 56.6 Å². The van der Waals surface area contributed by atoms with Gasteiger partial charge in [0.1, 0.15) is 5.75 Å². The number of esters is 1. The van der Waals surface area contributed by atoms with Crippen molar-refractivity contribution in [3.63, 3.8) is 0 Å². The molecule has 4 aliphatic rings. The van der Waals surface area contributed by atoms with E-state index in [-0.39, 0.29) is 34.8 Å². The van der Waals surface area contributed by atoms with Crippen molar-refractivity contribution in [2.24, 2.45) is 5.41 Å². The number of benzene rings is 1. The molecule has 6 nitrogen and oxygen atoms in total. The quantitative estimate of drug-likeness (QED) is 0.733. The minimum atomic E-state index is -0.137. The molecule has 0 radical (unpaired) electrons. The zero-order valence-corrected chi connectivity index (χ0v) is 17.6. The van der Waals surface area contributed by atoms with Crippen molar-refractivity contribution in [1.82, 2.24) is 4.90 Å². The Morgan fingerprint density at radius 2 is 2.00 bits per heavy atom. The standard InChI is InChI=1S/C23H30N2O4/c1-15(26)25-18-8-10-22(14-19(27)29-3)9-5-12-24-13-11-23(18,21(22)24)16-6-4-7-17(28-2)20(16)25/h4,6-7,18,21H,5,8-14H2,1-3H3/t18-,21-,22-,23-/m1/s1. The summed E-state index contributed by atoms with van der Waals surface area (Å²) in [6.07, 6.45) is 5.54. The summed E-state index contributed by atoms with van der Waals surface area (Å²) in [7, 11) is 3.17. The van der Waals surface area contributed by atoms with E-state index in [0.29, 0.717) is 6.42 Å². The highest BCUT2D eigenvalue weighted by molar-refractivity contribution is 5.98. The molecule has 1 aromatic rings. The first-order chi connectivity index (χ1) is 14.0. The number of ether oxygens (including phenoxy) is 2. The molecule has 3 heterocycles. The molecule has 0 aromatic heterocycles. The Hall–Kier alpha value is -2.08. The van der Waals surface area contributed by atoms with Crippen LogP contribution in [0, 0.1) is 5.41 Å². The molecule has 6 heteroatoms. The number of piperidine rings is 1. The summed E-state index contributed by atoms with van der Waals surface area (Å²) in [5.74, 6) is 0.737. The molecule has 0 bridgehead atoms. The zero-order chi connectivity index (χ0) is 20.4. The number of hydrogen-bond acceptors (Lipinski definition) is 5. The van der Waals surface area contributed by atoms with Gasteiger partial charge in [0.25, 0.3) is 0 Å². The molecule has 0 unspecified atom stereocenters. The molecule has 1 aliphatic carbocycles. The third-order valence-corrected chi connectivity index (χ3v) is 8.21. The van der Waals surface area contributed by atoms with Crippen LogP contribution in [0.1, 0.15) is 51.0 Å². The maximum Gasteiger partial charge on any atom is 0.306 e. The number of carbonyl (C=O) groups excluding carboxylic acids is 2. The fourth-order valence-electron chi connectivity index (χ4n) is 7.46. The number of methoxy groups -OCH3 is 2. The first-order valence-corrected chi connectivity index (χ1v) is 10.8. The van der Waals surface area contributed by atoms with E-state index in [1.54, 1.807) is 14.0 Å². The molecule has 156 valence electrons. The number of fused-ring (bicyclic) bond motifs is 1. The molecule has 29 heavy (non-hydrogen) atoms. The number of nitrogens with zero attached hydrogens (tertiary/aromatic N) is 2.